The molecule has 2 aromatic heterocycles. The zero-order valence-corrected chi connectivity index (χ0v) is 27.3. The summed E-state index contributed by atoms with van der Waals surface area (Å²) in [6, 6.07) is 20.9. The van der Waals surface area contributed by atoms with Crippen molar-refractivity contribution in [2.45, 2.75) is 35.9 Å². The molecule has 12 nitrogen and oxygen atoms in total. The van der Waals surface area contributed by atoms with Crippen LogP contribution in [0.4, 0.5) is 5.13 Å². The highest BCUT2D eigenvalue weighted by Gasteiger charge is 2.26. The fourth-order valence-electron chi connectivity index (χ4n) is 5.07. The molecule has 1 fully saturated rings. The van der Waals surface area contributed by atoms with Crippen LogP contribution in [0.5, 0.6) is 5.75 Å². The van der Waals surface area contributed by atoms with Gasteiger partial charge < -0.3 is 15.4 Å². The summed E-state index contributed by atoms with van der Waals surface area (Å²) in [5.74, 6) is 0.361. The maximum atomic E-state index is 13.1. The molecule has 1 aliphatic heterocycles. The van der Waals surface area contributed by atoms with E-state index in [0.29, 0.717) is 46.2 Å². The van der Waals surface area contributed by atoms with Crippen molar-refractivity contribution in [3.8, 4) is 11.4 Å². The Bertz CT molecular complexity index is 1940. The van der Waals surface area contributed by atoms with Crippen LogP contribution in [-0.2, 0) is 21.4 Å². The number of piperidine rings is 1. The molecule has 1 aliphatic rings. The number of para-hydroxylation sites is 3. The number of sulfonamides is 1. The van der Waals surface area contributed by atoms with Crippen molar-refractivity contribution in [3.63, 3.8) is 0 Å². The first-order valence-electron chi connectivity index (χ1n) is 14.6. The monoisotopic (exact) mass is 677 g/mol. The van der Waals surface area contributed by atoms with Crippen LogP contribution in [0.2, 0.25) is 0 Å². The van der Waals surface area contributed by atoms with Gasteiger partial charge in [0.05, 0.1) is 40.2 Å². The molecule has 0 saturated carbocycles. The highest BCUT2D eigenvalue weighted by atomic mass is 32.2. The molecule has 0 bridgehead atoms. The Hall–Kier alpha value is -4.31. The van der Waals surface area contributed by atoms with Crippen molar-refractivity contribution >= 4 is 60.3 Å². The lowest BCUT2D eigenvalue weighted by Crippen LogP contribution is -2.35. The van der Waals surface area contributed by atoms with E-state index in [9.17, 15) is 18.0 Å². The second-order valence-electron chi connectivity index (χ2n) is 10.4. The number of thiazole rings is 1. The predicted octanol–water partition coefficient (Wildman–Crippen LogP) is 4.72. The smallest absolute Gasteiger partial charge is 0.251 e. The normalized spacial score (nSPS) is 13.8. The summed E-state index contributed by atoms with van der Waals surface area (Å²) in [6.45, 7) is 1.02. The highest BCUT2D eigenvalue weighted by Crippen LogP contribution is 2.30. The molecule has 0 atom stereocenters. The molecule has 15 heteroatoms. The number of rotatable bonds is 11. The van der Waals surface area contributed by atoms with E-state index in [1.165, 1.54) is 51.7 Å². The maximum Gasteiger partial charge on any atom is 0.251 e. The van der Waals surface area contributed by atoms with Gasteiger partial charge in [0.1, 0.15) is 5.75 Å². The first-order chi connectivity index (χ1) is 22.3. The number of hydrogen-bond donors (Lipinski definition) is 2. The SMILES string of the molecule is COc1ccccc1-n1c(CNC(=O)c2ccc(S(=O)(=O)N3CCCCC3)cc2)nnc1SCC(=O)Nc1nc2ccccc2s1. The Labute approximate surface area is 274 Å². The van der Waals surface area contributed by atoms with Gasteiger partial charge in [-0.25, -0.2) is 13.4 Å². The second kappa shape index (κ2) is 14.0. The van der Waals surface area contributed by atoms with E-state index in [1.807, 2.05) is 42.5 Å². The number of anilines is 1. The zero-order valence-electron chi connectivity index (χ0n) is 24.9. The van der Waals surface area contributed by atoms with Gasteiger partial charge in [0.2, 0.25) is 15.9 Å². The Morgan fingerprint density at radius 2 is 1.70 bits per heavy atom. The topological polar surface area (TPSA) is 148 Å². The Morgan fingerprint density at radius 3 is 2.46 bits per heavy atom. The first-order valence-corrected chi connectivity index (χ1v) is 17.8. The summed E-state index contributed by atoms with van der Waals surface area (Å²) in [5, 5.41) is 15.3. The van der Waals surface area contributed by atoms with E-state index >= 15 is 0 Å². The van der Waals surface area contributed by atoms with Gasteiger partial charge in [0, 0.05) is 18.7 Å². The molecule has 3 heterocycles. The molecule has 2 N–H and O–H groups in total. The number of methoxy groups -OCH3 is 1. The van der Waals surface area contributed by atoms with Crippen molar-refractivity contribution in [2.75, 3.05) is 31.3 Å². The molecule has 6 rings (SSSR count). The average molecular weight is 678 g/mol. The van der Waals surface area contributed by atoms with E-state index in [2.05, 4.69) is 25.8 Å². The van der Waals surface area contributed by atoms with E-state index in [4.69, 9.17) is 4.74 Å². The van der Waals surface area contributed by atoms with Gasteiger partial charge >= 0.3 is 0 Å². The molecular formula is C31H31N7O5S3. The average Bonchev–Trinajstić information content (AvgIpc) is 3.69. The fourth-order valence-corrected chi connectivity index (χ4v) is 8.23. The lowest BCUT2D eigenvalue weighted by Gasteiger charge is -2.25. The maximum absolute atomic E-state index is 13.1. The number of hydrogen-bond acceptors (Lipinski definition) is 10. The Morgan fingerprint density at radius 1 is 0.957 bits per heavy atom. The predicted molar refractivity (Wildman–Crippen MR) is 177 cm³/mol. The molecule has 2 amide bonds. The zero-order chi connectivity index (χ0) is 32.1. The fraction of sp³-hybridized carbons (Fsp3) is 0.258. The van der Waals surface area contributed by atoms with E-state index < -0.39 is 15.9 Å². The highest BCUT2D eigenvalue weighted by molar-refractivity contribution is 7.99. The van der Waals surface area contributed by atoms with Crippen LogP contribution in [0.15, 0.2) is 82.8 Å². The minimum atomic E-state index is -3.60. The van der Waals surface area contributed by atoms with Crippen LogP contribution in [-0.4, -0.2) is 70.2 Å². The van der Waals surface area contributed by atoms with Gasteiger partial charge in [-0.1, -0.05) is 53.8 Å². The number of aromatic nitrogens is 4. The summed E-state index contributed by atoms with van der Waals surface area (Å²) in [7, 11) is -2.05. The quantitative estimate of drug-likeness (QED) is 0.190. The molecule has 0 aliphatic carbocycles. The van der Waals surface area contributed by atoms with Crippen molar-refractivity contribution in [3.05, 3.63) is 84.2 Å². The molecule has 0 radical (unpaired) electrons. The summed E-state index contributed by atoms with van der Waals surface area (Å²) >= 11 is 2.59. The number of carbonyl (C=O) groups excluding carboxylic acids is 2. The summed E-state index contributed by atoms with van der Waals surface area (Å²) in [4.78, 5) is 30.6. The molecule has 238 valence electrons. The summed E-state index contributed by atoms with van der Waals surface area (Å²) in [5.41, 5.74) is 1.76. The van der Waals surface area contributed by atoms with Gasteiger partial charge in [-0.2, -0.15) is 4.31 Å². The van der Waals surface area contributed by atoms with Crippen LogP contribution in [0.25, 0.3) is 15.9 Å². The second-order valence-corrected chi connectivity index (χ2v) is 14.3. The van der Waals surface area contributed by atoms with Crippen LogP contribution in [0.1, 0.15) is 35.4 Å². The third kappa shape index (κ3) is 6.92. The number of nitrogens with one attached hydrogen (secondary N) is 2. The molecule has 0 unspecified atom stereocenters. The van der Waals surface area contributed by atoms with Crippen LogP contribution >= 0.6 is 23.1 Å². The number of fused-ring (bicyclic) bond motifs is 1. The number of carbonyl (C=O) groups is 2. The summed E-state index contributed by atoms with van der Waals surface area (Å²) in [6.07, 6.45) is 2.71. The van der Waals surface area contributed by atoms with Crippen LogP contribution in [0.3, 0.4) is 0 Å². The lowest BCUT2D eigenvalue weighted by atomic mass is 10.2. The van der Waals surface area contributed by atoms with Crippen molar-refractivity contribution < 1.29 is 22.7 Å². The standard InChI is InChI=1S/C31H31N7O5S3/c1-43-25-11-5-4-10-24(25)38-27(35-36-31(38)44-20-28(39)34-30-33-23-9-3-6-12-26(23)45-30)19-32-29(40)21-13-15-22(16-14-21)46(41,42)37-17-7-2-8-18-37/h3-6,9-16H,2,7-8,17-20H2,1H3,(H,32,40)(H,33,34,39). The molecule has 0 spiro atoms. The van der Waals surface area contributed by atoms with E-state index in [0.717, 1.165) is 29.5 Å². The van der Waals surface area contributed by atoms with Crippen LogP contribution < -0.4 is 15.4 Å². The lowest BCUT2D eigenvalue weighted by molar-refractivity contribution is -0.113. The van der Waals surface area contributed by atoms with Crippen molar-refractivity contribution in [1.82, 2.24) is 29.4 Å². The first kappa shape index (κ1) is 31.7. The van der Waals surface area contributed by atoms with Gasteiger partial charge in [-0.05, 0) is 61.4 Å². The van der Waals surface area contributed by atoms with Gasteiger partial charge in [-0.3, -0.25) is 14.2 Å². The van der Waals surface area contributed by atoms with Gasteiger partial charge in [0.15, 0.2) is 16.1 Å². The van der Waals surface area contributed by atoms with E-state index in [1.54, 1.807) is 17.7 Å². The minimum Gasteiger partial charge on any atom is -0.495 e. The number of thioether (sulfide) groups is 1. The minimum absolute atomic E-state index is 0.0101. The van der Waals surface area contributed by atoms with E-state index in [-0.39, 0.29) is 23.1 Å². The number of amides is 2. The van der Waals surface area contributed by atoms with Gasteiger partial charge in [0.25, 0.3) is 5.91 Å². The number of nitrogens with zero attached hydrogens (tertiary/aromatic N) is 5. The summed E-state index contributed by atoms with van der Waals surface area (Å²) < 4.78 is 35.8. The third-order valence-electron chi connectivity index (χ3n) is 7.38. The molecule has 1 saturated heterocycles. The van der Waals surface area contributed by atoms with Crippen molar-refractivity contribution in [1.29, 1.82) is 0 Å². The molecule has 46 heavy (non-hydrogen) atoms. The third-order valence-corrected chi connectivity index (χ3v) is 11.2. The van der Waals surface area contributed by atoms with Crippen molar-refractivity contribution in [2.24, 2.45) is 0 Å². The molecule has 3 aromatic carbocycles. The largest absolute Gasteiger partial charge is 0.495 e. The van der Waals surface area contributed by atoms with Crippen LogP contribution in [0, 0.1) is 0 Å². The number of ether oxygens (including phenoxy) is 1. The Balaban J connectivity index is 1.16. The molecule has 5 aromatic rings. The number of benzene rings is 3. The Kier molecular flexibility index (Phi) is 9.63. The van der Waals surface area contributed by atoms with Gasteiger partial charge in [-0.15, -0.1) is 10.2 Å². The molecular weight excluding hydrogens is 647 g/mol.